The number of nitrogens with zero attached hydrogens (tertiary/aromatic N) is 1. The molecule has 5 heteroatoms. The van der Waals surface area contributed by atoms with E-state index in [2.05, 4.69) is 11.5 Å². The number of imide groups is 1. The Morgan fingerprint density at radius 2 is 1.68 bits per heavy atom. The smallest absolute Gasteiger partial charge is 0.418 e. The number of rotatable bonds is 5. The fourth-order valence-electron chi connectivity index (χ4n) is 3.46. The fourth-order valence-corrected chi connectivity index (χ4v) is 3.46. The van der Waals surface area contributed by atoms with Crippen molar-refractivity contribution in [1.82, 2.24) is 4.90 Å². The Labute approximate surface area is 162 Å². The highest BCUT2D eigenvalue weighted by Crippen LogP contribution is 2.33. The van der Waals surface area contributed by atoms with Crippen molar-refractivity contribution in [3.8, 4) is 0 Å². The number of hydrogen-bond donors (Lipinski definition) is 0. The number of allylic oxidation sites excluding steroid dienone is 2. The third kappa shape index (κ3) is 2.99. The highest BCUT2D eigenvalue weighted by atomic mass is 16.6. The summed E-state index contributed by atoms with van der Waals surface area (Å²) in [6.45, 7) is 1.51. The largest absolute Gasteiger partial charge is 0.438 e. The quantitative estimate of drug-likeness (QED) is 0.451. The number of cyclic esters (lactones) is 1. The van der Waals surface area contributed by atoms with Crippen molar-refractivity contribution in [2.45, 2.75) is 19.1 Å². The first-order valence-electron chi connectivity index (χ1n) is 8.97. The number of amides is 2. The minimum atomic E-state index is -1.02. The molecule has 138 valence electrons. The van der Waals surface area contributed by atoms with E-state index in [4.69, 9.17) is 4.74 Å². The Balaban J connectivity index is 1.67. The van der Waals surface area contributed by atoms with Crippen molar-refractivity contribution in [3.05, 3.63) is 95.0 Å². The summed E-state index contributed by atoms with van der Waals surface area (Å²) < 4.78 is 5.52. The first-order valence-corrected chi connectivity index (χ1v) is 8.97. The first kappa shape index (κ1) is 17.7. The Hall–Kier alpha value is -3.65. The van der Waals surface area contributed by atoms with Crippen molar-refractivity contribution >= 4 is 17.8 Å². The molecule has 0 aromatic heterocycles. The molecule has 0 spiro atoms. The predicted molar refractivity (Wildman–Crippen MR) is 102 cm³/mol. The van der Waals surface area contributed by atoms with E-state index in [1.807, 2.05) is 0 Å². The average molecular weight is 371 g/mol. The van der Waals surface area contributed by atoms with E-state index in [0.29, 0.717) is 16.7 Å². The van der Waals surface area contributed by atoms with Gasteiger partial charge in [-0.15, -0.1) is 11.5 Å². The molecule has 1 aromatic carbocycles. The van der Waals surface area contributed by atoms with Gasteiger partial charge in [0.15, 0.2) is 11.9 Å². The number of ketones is 1. The summed E-state index contributed by atoms with van der Waals surface area (Å²) in [5, 5.41) is 0. The monoisotopic (exact) mass is 371 g/mol. The van der Waals surface area contributed by atoms with Crippen LogP contribution in [0.5, 0.6) is 0 Å². The second kappa shape index (κ2) is 7.16. The Morgan fingerprint density at radius 3 is 2.29 bits per heavy atom. The van der Waals surface area contributed by atoms with Crippen LogP contribution >= 0.6 is 0 Å². The molecular weight excluding hydrogens is 354 g/mol. The van der Waals surface area contributed by atoms with E-state index in [1.165, 1.54) is 6.92 Å². The van der Waals surface area contributed by atoms with Crippen LogP contribution < -0.4 is 0 Å². The van der Waals surface area contributed by atoms with Gasteiger partial charge in [-0.25, -0.2) is 9.69 Å². The van der Waals surface area contributed by atoms with Crippen LogP contribution in [0.3, 0.4) is 0 Å². The Bertz CT molecular complexity index is 1050. The maximum Gasteiger partial charge on any atom is 0.418 e. The van der Waals surface area contributed by atoms with Gasteiger partial charge in [0.1, 0.15) is 6.04 Å². The molecule has 2 amide bonds. The number of ether oxygens (including phenoxy) is 1. The predicted octanol–water partition coefficient (Wildman–Crippen LogP) is 3.52. The van der Waals surface area contributed by atoms with Gasteiger partial charge in [-0.1, -0.05) is 42.5 Å². The van der Waals surface area contributed by atoms with E-state index in [-0.39, 0.29) is 5.78 Å². The molecule has 1 aliphatic heterocycles. The van der Waals surface area contributed by atoms with E-state index < -0.39 is 30.1 Å². The molecule has 1 fully saturated rings. The summed E-state index contributed by atoms with van der Waals surface area (Å²) >= 11 is 0. The topological polar surface area (TPSA) is 63.7 Å². The zero-order valence-electron chi connectivity index (χ0n) is 15.2. The third-order valence-corrected chi connectivity index (χ3v) is 4.92. The zero-order valence-corrected chi connectivity index (χ0v) is 15.2. The van der Waals surface area contributed by atoms with Crippen molar-refractivity contribution in [1.29, 1.82) is 0 Å². The second-order valence-electron chi connectivity index (χ2n) is 6.66. The molecule has 2 aliphatic carbocycles. The molecule has 0 unspecified atom stereocenters. The van der Waals surface area contributed by atoms with E-state index >= 15 is 0 Å². The number of Topliss-reactive ketones (excluding diaryl/α,β-unsaturated/α-hetero) is 1. The van der Waals surface area contributed by atoms with Gasteiger partial charge in [-0.3, -0.25) is 9.59 Å². The lowest BCUT2D eigenvalue weighted by Gasteiger charge is -2.24. The average Bonchev–Trinajstić information content (AvgIpc) is 3.47. The van der Waals surface area contributed by atoms with Gasteiger partial charge in [0.25, 0.3) is 0 Å². The Kier molecular flexibility index (Phi) is 4.54. The van der Waals surface area contributed by atoms with Crippen LogP contribution in [0.2, 0.25) is 0 Å². The van der Waals surface area contributed by atoms with Crippen molar-refractivity contribution < 1.29 is 19.1 Å². The molecule has 4 rings (SSSR count). The summed E-state index contributed by atoms with van der Waals surface area (Å²) in [7, 11) is 0. The SMILES string of the molecule is C[C@H](C(=O)c1ccccc1)C(=O)N1C(=O)O[C@H](C2=C=CC=C2)[C@@H]1C1=C=CC=C1. The molecular formula is C23H17NO4. The van der Waals surface area contributed by atoms with Gasteiger partial charge in [0.2, 0.25) is 5.91 Å². The molecule has 0 radical (unpaired) electrons. The summed E-state index contributed by atoms with van der Waals surface area (Å²) in [4.78, 5) is 39.6. The summed E-state index contributed by atoms with van der Waals surface area (Å²) in [5.41, 5.74) is 7.83. The van der Waals surface area contributed by atoms with Crippen LogP contribution in [0.1, 0.15) is 17.3 Å². The highest BCUT2D eigenvalue weighted by molar-refractivity contribution is 6.12. The molecule has 0 N–H and O–H groups in total. The summed E-state index contributed by atoms with van der Waals surface area (Å²) in [6.07, 6.45) is 9.13. The molecule has 3 aliphatic rings. The van der Waals surface area contributed by atoms with Crippen molar-refractivity contribution in [2.75, 3.05) is 0 Å². The minimum Gasteiger partial charge on any atom is -0.438 e. The Morgan fingerprint density at radius 1 is 1.04 bits per heavy atom. The number of benzene rings is 1. The van der Waals surface area contributed by atoms with E-state index in [9.17, 15) is 14.4 Å². The molecule has 28 heavy (non-hydrogen) atoms. The van der Waals surface area contributed by atoms with E-state index in [0.717, 1.165) is 4.90 Å². The minimum absolute atomic E-state index is 0.341. The molecule has 1 aromatic rings. The van der Waals surface area contributed by atoms with Gasteiger partial charge in [0.05, 0.1) is 5.92 Å². The van der Waals surface area contributed by atoms with Gasteiger partial charge in [-0.05, 0) is 31.2 Å². The first-order chi connectivity index (χ1) is 13.6. The van der Waals surface area contributed by atoms with Gasteiger partial charge >= 0.3 is 6.09 Å². The second-order valence-corrected chi connectivity index (χ2v) is 6.66. The maximum atomic E-state index is 13.2. The number of hydrogen-bond acceptors (Lipinski definition) is 4. The van der Waals surface area contributed by atoms with Crippen LogP contribution in [0.15, 0.2) is 89.4 Å². The number of carbonyl (C=O) groups is 3. The van der Waals surface area contributed by atoms with Gasteiger partial charge in [0, 0.05) is 16.7 Å². The lowest BCUT2D eigenvalue weighted by atomic mass is 9.93. The van der Waals surface area contributed by atoms with Crippen LogP contribution in [-0.4, -0.2) is 34.8 Å². The van der Waals surface area contributed by atoms with E-state index in [1.54, 1.807) is 66.8 Å². The van der Waals surface area contributed by atoms with Gasteiger partial charge < -0.3 is 4.74 Å². The molecule has 0 saturated carbocycles. The molecule has 1 heterocycles. The maximum absolute atomic E-state index is 13.2. The lowest BCUT2D eigenvalue weighted by molar-refractivity contribution is -0.131. The van der Waals surface area contributed by atoms with Crippen LogP contribution in [0.4, 0.5) is 4.79 Å². The molecule has 5 nitrogen and oxygen atoms in total. The van der Waals surface area contributed by atoms with Crippen LogP contribution in [0.25, 0.3) is 0 Å². The molecule has 3 atom stereocenters. The van der Waals surface area contributed by atoms with Crippen LogP contribution in [0, 0.1) is 5.92 Å². The molecule has 1 saturated heterocycles. The molecule has 0 bridgehead atoms. The summed E-state index contributed by atoms with van der Waals surface area (Å²) in [5.74, 6) is -1.95. The van der Waals surface area contributed by atoms with Crippen LogP contribution in [-0.2, 0) is 9.53 Å². The van der Waals surface area contributed by atoms with Crippen molar-refractivity contribution in [3.63, 3.8) is 0 Å². The van der Waals surface area contributed by atoms with Gasteiger partial charge in [-0.2, -0.15) is 0 Å². The lowest BCUT2D eigenvalue weighted by Crippen LogP contribution is -2.46. The zero-order chi connectivity index (χ0) is 19.7. The number of carbonyl (C=O) groups excluding carboxylic acids is 3. The third-order valence-electron chi connectivity index (χ3n) is 4.92. The highest BCUT2D eigenvalue weighted by Gasteiger charge is 2.50. The normalized spacial score (nSPS) is 23.0. The fraction of sp³-hybridized carbons (Fsp3) is 0.174. The van der Waals surface area contributed by atoms with Crippen molar-refractivity contribution in [2.24, 2.45) is 5.92 Å². The standard InChI is InChI=1S/C23H17NO4/c1-15(20(25)17-11-3-2-4-12-17)22(26)24-19(16-9-5-6-10-16)21(28-23(24)27)18-13-7-8-14-18/h2-9,11-13,15,19,21H,1H3/t15-,19+,21-/m1/s1. The summed E-state index contributed by atoms with van der Waals surface area (Å²) in [6, 6.07) is 7.87.